The summed E-state index contributed by atoms with van der Waals surface area (Å²) in [6, 6.07) is 33.2. The Balaban J connectivity index is 2.19. The van der Waals surface area contributed by atoms with E-state index in [9.17, 15) is 0 Å². The fourth-order valence-corrected chi connectivity index (χ4v) is 7.47. The van der Waals surface area contributed by atoms with Crippen molar-refractivity contribution in [2.45, 2.75) is 22.2 Å². The Morgan fingerprint density at radius 2 is 1.09 bits per heavy atom. The van der Waals surface area contributed by atoms with Crippen molar-refractivity contribution in [1.29, 1.82) is 0 Å². The zero-order valence-corrected chi connectivity index (χ0v) is 19.1. The van der Waals surface area contributed by atoms with E-state index < -0.39 is 0 Å². The van der Waals surface area contributed by atoms with E-state index in [1.54, 1.807) is 0 Å². The summed E-state index contributed by atoms with van der Waals surface area (Å²) in [5.74, 6) is 0.525. The van der Waals surface area contributed by atoms with Crippen LogP contribution in [-0.4, -0.2) is 0 Å². The van der Waals surface area contributed by atoms with Crippen LogP contribution in [-0.2, 0) is 29.0 Å². The molecule has 0 nitrogen and oxygen atoms in total. The number of rotatable bonds is 5. The Hall–Kier alpha value is -1.40. The molecule has 0 aliphatic carbocycles. The van der Waals surface area contributed by atoms with Crippen LogP contribution in [0.15, 0.2) is 91.0 Å². The van der Waals surface area contributed by atoms with Crippen molar-refractivity contribution in [3.8, 4) is 0 Å². The SMILES string of the molecule is CCC(c1ccccc1)[C]([Hg+])(c1ccccc1)c1ccccc1. The first-order chi connectivity index (χ1) is 11.3. The molecule has 0 fully saturated rings. The molecule has 0 aliphatic heterocycles. The Morgan fingerprint density at radius 1 is 0.696 bits per heavy atom. The van der Waals surface area contributed by atoms with Gasteiger partial charge in [-0.2, -0.15) is 0 Å². The number of hydrogen-bond acceptors (Lipinski definition) is 0. The van der Waals surface area contributed by atoms with Gasteiger partial charge in [-0.25, -0.2) is 0 Å². The summed E-state index contributed by atoms with van der Waals surface area (Å²) < 4.78 is 0.151. The summed E-state index contributed by atoms with van der Waals surface area (Å²) in [6.45, 7) is 2.32. The maximum absolute atomic E-state index is 2.32. The Labute approximate surface area is 155 Å². The first kappa shape index (κ1) is 16.5. The van der Waals surface area contributed by atoms with Crippen LogP contribution in [0.4, 0.5) is 0 Å². The Kier molecular flexibility index (Phi) is 5.32. The van der Waals surface area contributed by atoms with E-state index in [1.807, 2.05) is 0 Å². The summed E-state index contributed by atoms with van der Waals surface area (Å²) in [6.07, 6.45) is 1.15. The van der Waals surface area contributed by atoms with Gasteiger partial charge < -0.3 is 0 Å². The third-order valence-electron chi connectivity index (χ3n) is 4.78. The zero-order chi connectivity index (χ0) is 16.1. The minimum atomic E-state index is 0.151. The Morgan fingerprint density at radius 3 is 1.48 bits per heavy atom. The molecule has 0 aliphatic rings. The van der Waals surface area contributed by atoms with Crippen molar-refractivity contribution in [2.24, 2.45) is 0 Å². The average molecular weight is 486 g/mol. The van der Waals surface area contributed by atoms with Crippen LogP contribution in [0.5, 0.6) is 0 Å². The van der Waals surface area contributed by atoms with Crippen molar-refractivity contribution in [3.63, 3.8) is 0 Å². The molecule has 0 saturated heterocycles. The molecular formula is C22H21Hg+. The first-order valence-corrected chi connectivity index (χ1v) is 11.0. The summed E-state index contributed by atoms with van der Waals surface area (Å²) in [5, 5.41) is 0. The third kappa shape index (κ3) is 3.28. The fraction of sp³-hybridized carbons (Fsp3) is 0.182. The quantitative estimate of drug-likeness (QED) is 0.408. The Bertz CT molecular complexity index is 680. The van der Waals surface area contributed by atoms with Gasteiger partial charge in [-0.15, -0.1) is 0 Å². The van der Waals surface area contributed by atoms with Gasteiger partial charge in [0.1, 0.15) is 0 Å². The van der Waals surface area contributed by atoms with Gasteiger partial charge in [0, 0.05) is 0 Å². The third-order valence-corrected chi connectivity index (χ3v) is 9.87. The number of hydrogen-bond donors (Lipinski definition) is 0. The van der Waals surface area contributed by atoms with E-state index in [-0.39, 0.29) is 2.92 Å². The molecule has 1 unspecified atom stereocenters. The van der Waals surface area contributed by atoms with Gasteiger partial charge >= 0.3 is 156 Å². The van der Waals surface area contributed by atoms with Crippen LogP contribution in [0, 0.1) is 0 Å². The van der Waals surface area contributed by atoms with Crippen LogP contribution in [0.1, 0.15) is 36.0 Å². The summed E-state index contributed by atoms with van der Waals surface area (Å²) in [5.41, 5.74) is 4.38. The minimum absolute atomic E-state index is 0.151. The van der Waals surface area contributed by atoms with Crippen LogP contribution >= 0.6 is 0 Å². The topological polar surface area (TPSA) is 0 Å². The van der Waals surface area contributed by atoms with Crippen LogP contribution in [0.3, 0.4) is 0 Å². The molecule has 0 N–H and O–H groups in total. The molecule has 0 aromatic heterocycles. The summed E-state index contributed by atoms with van der Waals surface area (Å²) in [7, 11) is 0. The summed E-state index contributed by atoms with van der Waals surface area (Å²) >= 11 is 0.545. The molecule has 1 atom stereocenters. The molecule has 0 bridgehead atoms. The van der Waals surface area contributed by atoms with Crippen LogP contribution in [0.2, 0.25) is 0 Å². The number of benzene rings is 3. The van der Waals surface area contributed by atoms with E-state index in [4.69, 9.17) is 0 Å². The van der Waals surface area contributed by atoms with E-state index in [0.29, 0.717) is 32.0 Å². The molecule has 23 heavy (non-hydrogen) atoms. The molecule has 0 heterocycles. The van der Waals surface area contributed by atoms with Gasteiger partial charge in [0.15, 0.2) is 0 Å². The average Bonchev–Trinajstić information content (AvgIpc) is 2.64. The normalized spacial score (nSPS) is 12.8. The molecule has 3 rings (SSSR count). The van der Waals surface area contributed by atoms with Crippen molar-refractivity contribution < 1.29 is 26.1 Å². The predicted octanol–water partition coefficient (Wildman–Crippen LogP) is 5.67. The summed E-state index contributed by atoms with van der Waals surface area (Å²) in [4.78, 5) is 0. The molecule has 3 aromatic carbocycles. The molecular weight excluding hydrogens is 465 g/mol. The van der Waals surface area contributed by atoms with Gasteiger partial charge in [-0.3, -0.25) is 0 Å². The van der Waals surface area contributed by atoms with Crippen molar-refractivity contribution in [2.75, 3.05) is 0 Å². The standard InChI is InChI=1S/C22H21.Hg/c1-2-21(18-12-6-3-7-13-18)22(19-14-8-4-9-15-19)20-16-10-5-11-17-20;/h3-17,21H,2H2,1H3;/q;+1. The van der Waals surface area contributed by atoms with E-state index in [1.165, 1.54) is 16.7 Å². The van der Waals surface area contributed by atoms with Gasteiger partial charge in [0.25, 0.3) is 0 Å². The second-order valence-corrected chi connectivity index (χ2v) is 10.4. The van der Waals surface area contributed by atoms with Crippen molar-refractivity contribution >= 4 is 0 Å². The molecule has 0 amide bonds. The monoisotopic (exact) mass is 487 g/mol. The van der Waals surface area contributed by atoms with E-state index >= 15 is 0 Å². The molecule has 1 heteroatoms. The van der Waals surface area contributed by atoms with Gasteiger partial charge in [-0.1, -0.05) is 0 Å². The van der Waals surface area contributed by atoms with Crippen molar-refractivity contribution in [1.82, 2.24) is 0 Å². The first-order valence-electron chi connectivity index (χ1n) is 8.28. The molecule has 3 aromatic rings. The van der Waals surface area contributed by atoms with Gasteiger partial charge in [0.2, 0.25) is 0 Å². The van der Waals surface area contributed by atoms with Gasteiger partial charge in [0.05, 0.1) is 0 Å². The fourth-order valence-electron chi connectivity index (χ4n) is 3.59. The molecule has 0 spiro atoms. The van der Waals surface area contributed by atoms with Crippen LogP contribution < -0.4 is 0 Å². The van der Waals surface area contributed by atoms with E-state index in [0.717, 1.165) is 6.42 Å². The second-order valence-electron chi connectivity index (χ2n) is 6.07. The predicted molar refractivity (Wildman–Crippen MR) is 93.1 cm³/mol. The molecule has 0 saturated carbocycles. The molecule has 110 valence electrons. The van der Waals surface area contributed by atoms with Crippen molar-refractivity contribution in [3.05, 3.63) is 108 Å². The van der Waals surface area contributed by atoms with Crippen LogP contribution in [0.25, 0.3) is 0 Å². The van der Waals surface area contributed by atoms with E-state index in [2.05, 4.69) is 97.9 Å². The molecule has 0 radical (unpaired) electrons. The van der Waals surface area contributed by atoms with Gasteiger partial charge in [-0.05, 0) is 0 Å². The maximum atomic E-state index is 2.32. The zero-order valence-electron chi connectivity index (χ0n) is 13.7. The second kappa shape index (κ2) is 7.44.